The van der Waals surface area contributed by atoms with Crippen molar-refractivity contribution in [3.8, 4) is 5.75 Å². The number of benzene rings is 1. The highest BCUT2D eigenvalue weighted by Gasteiger charge is 2.48. The first kappa shape index (κ1) is 13.8. The quantitative estimate of drug-likeness (QED) is 0.857. The number of phenols is 1. The van der Waals surface area contributed by atoms with Gasteiger partial charge in [-0.25, -0.2) is 4.39 Å². The molecule has 19 heavy (non-hydrogen) atoms. The summed E-state index contributed by atoms with van der Waals surface area (Å²) in [5.74, 6) is -2.00. The molecule has 1 fully saturated rings. The van der Waals surface area contributed by atoms with Crippen LogP contribution in [0.3, 0.4) is 0 Å². The lowest BCUT2D eigenvalue weighted by atomic mass is 9.90. The number of aromatic hydroxyl groups is 1. The maximum absolute atomic E-state index is 13.8. The highest BCUT2D eigenvalue weighted by molar-refractivity contribution is 5.70. The fourth-order valence-corrected chi connectivity index (χ4v) is 2.50. The number of aliphatic carboxylic acids is 1. The van der Waals surface area contributed by atoms with Crippen molar-refractivity contribution >= 4 is 5.97 Å². The third-order valence-corrected chi connectivity index (χ3v) is 3.54. The minimum atomic E-state index is -0.921. The second-order valence-electron chi connectivity index (χ2n) is 5.56. The Morgan fingerprint density at radius 2 is 2.05 bits per heavy atom. The molecule has 1 aliphatic rings. The molecule has 0 unspecified atom stereocenters. The molecule has 0 bridgehead atoms. The van der Waals surface area contributed by atoms with Crippen LogP contribution in [0.15, 0.2) is 12.1 Å². The minimum absolute atomic E-state index is 0.0641. The summed E-state index contributed by atoms with van der Waals surface area (Å²) in [4.78, 5) is 12.8. The molecule has 2 rings (SSSR count). The molecular weight excluding hydrogens is 249 g/mol. The van der Waals surface area contributed by atoms with Gasteiger partial charge in [-0.1, -0.05) is 6.07 Å². The van der Waals surface area contributed by atoms with E-state index in [1.807, 2.05) is 19.0 Å². The molecule has 0 atom stereocenters. The first-order chi connectivity index (χ1) is 8.84. The van der Waals surface area contributed by atoms with E-state index < -0.39 is 23.0 Å². The second-order valence-corrected chi connectivity index (χ2v) is 5.56. The van der Waals surface area contributed by atoms with Gasteiger partial charge in [-0.2, -0.15) is 0 Å². The molecule has 2 N–H and O–H groups in total. The van der Waals surface area contributed by atoms with E-state index in [-0.39, 0.29) is 6.42 Å². The Hall–Kier alpha value is -1.62. The number of hydrogen-bond donors (Lipinski definition) is 2. The Bertz CT molecular complexity index is 510. The summed E-state index contributed by atoms with van der Waals surface area (Å²) in [5.41, 5.74) is 0.595. The normalized spacial score (nSPS) is 16.6. The van der Waals surface area contributed by atoms with Crippen molar-refractivity contribution in [3.63, 3.8) is 0 Å². The molecule has 0 radical (unpaired) electrons. The molecule has 0 spiro atoms. The van der Waals surface area contributed by atoms with E-state index in [1.54, 1.807) is 6.07 Å². The monoisotopic (exact) mass is 267 g/mol. The molecule has 5 heteroatoms. The lowest BCUT2D eigenvalue weighted by Crippen LogP contribution is -2.16. The van der Waals surface area contributed by atoms with Gasteiger partial charge < -0.3 is 15.1 Å². The number of rotatable bonds is 5. The Balaban J connectivity index is 2.39. The van der Waals surface area contributed by atoms with E-state index in [0.717, 1.165) is 5.56 Å². The average Bonchev–Trinajstić information content (AvgIpc) is 3.02. The Kier molecular flexibility index (Phi) is 3.49. The Morgan fingerprint density at radius 1 is 1.42 bits per heavy atom. The lowest BCUT2D eigenvalue weighted by Gasteiger charge is -2.18. The van der Waals surface area contributed by atoms with Gasteiger partial charge in [-0.3, -0.25) is 4.79 Å². The largest absolute Gasteiger partial charge is 0.505 e. The van der Waals surface area contributed by atoms with Crippen molar-refractivity contribution in [3.05, 3.63) is 29.1 Å². The van der Waals surface area contributed by atoms with Crippen LogP contribution in [0.5, 0.6) is 5.75 Å². The maximum Gasteiger partial charge on any atom is 0.304 e. The topological polar surface area (TPSA) is 60.8 Å². The number of nitrogens with zero attached hydrogens (tertiary/aromatic N) is 1. The van der Waals surface area contributed by atoms with Crippen LogP contribution in [0.1, 0.15) is 30.4 Å². The number of carboxylic acids is 1. The predicted octanol–water partition coefficient (Wildman–Crippen LogP) is 2.10. The van der Waals surface area contributed by atoms with Crippen LogP contribution >= 0.6 is 0 Å². The fourth-order valence-electron chi connectivity index (χ4n) is 2.50. The standard InChI is InChI=1S/C14H18FNO3/c1-16(2)8-9-5-10(13(19)11(15)6-9)14(3-4-14)7-12(17)18/h5-6,19H,3-4,7-8H2,1-2H3,(H,17,18). The summed E-state index contributed by atoms with van der Waals surface area (Å²) in [6, 6.07) is 3.03. The van der Waals surface area contributed by atoms with Crippen LogP contribution in [0.4, 0.5) is 4.39 Å². The second kappa shape index (κ2) is 4.81. The molecule has 0 saturated heterocycles. The SMILES string of the molecule is CN(C)Cc1cc(F)c(O)c(C2(CC(=O)O)CC2)c1. The van der Waals surface area contributed by atoms with E-state index in [9.17, 15) is 14.3 Å². The molecular formula is C14H18FNO3. The summed E-state index contributed by atoms with van der Waals surface area (Å²) < 4.78 is 13.8. The zero-order valence-corrected chi connectivity index (χ0v) is 11.1. The molecule has 1 aliphatic carbocycles. The third kappa shape index (κ3) is 2.87. The van der Waals surface area contributed by atoms with Gasteiger partial charge >= 0.3 is 5.97 Å². The van der Waals surface area contributed by atoms with Gasteiger partial charge in [0.25, 0.3) is 0 Å². The Morgan fingerprint density at radius 3 is 2.53 bits per heavy atom. The summed E-state index contributed by atoms with van der Waals surface area (Å²) in [5, 5.41) is 18.8. The van der Waals surface area contributed by atoms with Crippen LogP contribution in [-0.4, -0.2) is 35.2 Å². The van der Waals surface area contributed by atoms with Crippen LogP contribution < -0.4 is 0 Å². The molecule has 1 aromatic rings. The zero-order chi connectivity index (χ0) is 14.2. The van der Waals surface area contributed by atoms with Crippen molar-refractivity contribution in [2.45, 2.75) is 31.2 Å². The highest BCUT2D eigenvalue weighted by Crippen LogP contribution is 2.54. The molecule has 0 aliphatic heterocycles. The van der Waals surface area contributed by atoms with Crippen molar-refractivity contribution in [1.29, 1.82) is 0 Å². The minimum Gasteiger partial charge on any atom is -0.505 e. The number of hydrogen-bond acceptors (Lipinski definition) is 3. The van der Waals surface area contributed by atoms with E-state index in [1.165, 1.54) is 6.07 Å². The van der Waals surface area contributed by atoms with Crippen LogP contribution in [0, 0.1) is 5.82 Å². The van der Waals surface area contributed by atoms with Crippen molar-refractivity contribution < 1.29 is 19.4 Å². The van der Waals surface area contributed by atoms with E-state index >= 15 is 0 Å². The molecule has 0 heterocycles. The predicted molar refractivity (Wildman–Crippen MR) is 68.6 cm³/mol. The van der Waals surface area contributed by atoms with Gasteiger partial charge in [0.05, 0.1) is 6.42 Å². The van der Waals surface area contributed by atoms with Gasteiger partial charge in [-0.15, -0.1) is 0 Å². The molecule has 0 aromatic heterocycles. The van der Waals surface area contributed by atoms with Gasteiger partial charge in [0.2, 0.25) is 0 Å². The Labute approximate surface area is 111 Å². The summed E-state index contributed by atoms with van der Waals surface area (Å²) in [6.45, 7) is 0.549. The molecule has 1 aromatic carbocycles. The lowest BCUT2D eigenvalue weighted by molar-refractivity contribution is -0.137. The van der Waals surface area contributed by atoms with Gasteiger partial charge in [0.1, 0.15) is 0 Å². The molecule has 1 saturated carbocycles. The van der Waals surface area contributed by atoms with E-state index in [4.69, 9.17) is 5.11 Å². The number of halogens is 1. The van der Waals surface area contributed by atoms with Gasteiger partial charge in [0, 0.05) is 17.5 Å². The number of phenolic OH excluding ortho intramolecular Hbond substituents is 1. The summed E-state index contributed by atoms with van der Waals surface area (Å²) in [6.07, 6.45) is 1.29. The number of carboxylic acid groups (broad SMARTS) is 1. The molecule has 104 valence electrons. The third-order valence-electron chi connectivity index (χ3n) is 3.54. The first-order valence-electron chi connectivity index (χ1n) is 6.22. The molecule has 0 amide bonds. The van der Waals surface area contributed by atoms with E-state index in [2.05, 4.69) is 0 Å². The van der Waals surface area contributed by atoms with Crippen LogP contribution in [-0.2, 0) is 16.8 Å². The maximum atomic E-state index is 13.8. The van der Waals surface area contributed by atoms with Crippen LogP contribution in [0.25, 0.3) is 0 Å². The van der Waals surface area contributed by atoms with Crippen molar-refractivity contribution in [2.75, 3.05) is 14.1 Å². The van der Waals surface area contributed by atoms with Crippen LogP contribution in [0.2, 0.25) is 0 Å². The summed E-state index contributed by atoms with van der Waals surface area (Å²) in [7, 11) is 3.74. The fraction of sp³-hybridized carbons (Fsp3) is 0.500. The average molecular weight is 267 g/mol. The van der Waals surface area contributed by atoms with Crippen molar-refractivity contribution in [1.82, 2.24) is 4.90 Å². The number of carbonyl (C=O) groups is 1. The first-order valence-corrected chi connectivity index (χ1v) is 6.22. The van der Waals surface area contributed by atoms with Crippen molar-refractivity contribution in [2.24, 2.45) is 0 Å². The smallest absolute Gasteiger partial charge is 0.304 e. The molecule has 4 nitrogen and oxygen atoms in total. The van der Waals surface area contributed by atoms with Gasteiger partial charge in [-0.05, 0) is 38.6 Å². The zero-order valence-electron chi connectivity index (χ0n) is 11.1. The summed E-state index contributed by atoms with van der Waals surface area (Å²) >= 11 is 0. The van der Waals surface area contributed by atoms with Gasteiger partial charge in [0.15, 0.2) is 11.6 Å². The van der Waals surface area contributed by atoms with E-state index in [0.29, 0.717) is 24.9 Å². The highest BCUT2D eigenvalue weighted by atomic mass is 19.1.